The molecule has 0 unspecified atom stereocenters. The zero-order valence-electron chi connectivity index (χ0n) is 10.8. The molecule has 0 aliphatic heterocycles. The third-order valence-corrected chi connectivity index (χ3v) is 3.93. The van der Waals surface area contributed by atoms with Crippen molar-refractivity contribution in [3.63, 3.8) is 0 Å². The average molecular weight is 242 g/mol. The Kier molecular flexibility index (Phi) is 4.51. The molecule has 1 aliphatic carbocycles. The number of amides is 1. The summed E-state index contributed by atoms with van der Waals surface area (Å²) in [7, 11) is 3.47. The predicted molar refractivity (Wildman–Crippen MR) is 64.7 cm³/mol. The monoisotopic (exact) mass is 242 g/mol. The summed E-state index contributed by atoms with van der Waals surface area (Å²) in [6.07, 6.45) is 2.34. The second-order valence-corrected chi connectivity index (χ2v) is 4.76. The van der Waals surface area contributed by atoms with Crippen molar-refractivity contribution in [2.24, 2.45) is 5.92 Å². The summed E-state index contributed by atoms with van der Waals surface area (Å²) in [6.45, 7) is 2.64. The standard InChI is InChI=1S/C12H22N2O3/c1-4-14(3)10(15)9-5-7-12(13-2,8-6-9)11(16)17/h9,13H,4-8H2,1-3H3,(H,16,17). The molecule has 1 rings (SSSR count). The molecule has 1 amide bonds. The average Bonchev–Trinajstić information content (AvgIpc) is 2.36. The Morgan fingerprint density at radius 2 is 1.94 bits per heavy atom. The molecular weight excluding hydrogens is 220 g/mol. The van der Waals surface area contributed by atoms with E-state index in [-0.39, 0.29) is 11.8 Å². The molecule has 2 N–H and O–H groups in total. The molecule has 0 aromatic carbocycles. The van der Waals surface area contributed by atoms with Gasteiger partial charge in [-0.2, -0.15) is 0 Å². The fraction of sp³-hybridized carbons (Fsp3) is 0.833. The third kappa shape index (κ3) is 2.77. The molecule has 17 heavy (non-hydrogen) atoms. The number of aliphatic carboxylic acids is 1. The topological polar surface area (TPSA) is 69.6 Å². The van der Waals surface area contributed by atoms with Gasteiger partial charge in [-0.3, -0.25) is 9.59 Å². The lowest BCUT2D eigenvalue weighted by atomic mass is 9.76. The number of carbonyl (C=O) groups excluding carboxylic acids is 1. The Morgan fingerprint density at radius 1 is 1.41 bits per heavy atom. The number of hydrogen-bond donors (Lipinski definition) is 2. The minimum absolute atomic E-state index is 0.0132. The van der Waals surface area contributed by atoms with Gasteiger partial charge in [0.05, 0.1) is 0 Å². The van der Waals surface area contributed by atoms with Gasteiger partial charge >= 0.3 is 5.97 Å². The lowest BCUT2D eigenvalue weighted by Gasteiger charge is -2.37. The molecule has 0 bridgehead atoms. The second kappa shape index (κ2) is 5.49. The Balaban J connectivity index is 2.61. The summed E-state index contributed by atoms with van der Waals surface area (Å²) < 4.78 is 0. The molecule has 0 saturated heterocycles. The van der Waals surface area contributed by atoms with E-state index in [0.29, 0.717) is 32.2 Å². The Morgan fingerprint density at radius 3 is 2.29 bits per heavy atom. The van der Waals surface area contributed by atoms with Gasteiger partial charge < -0.3 is 15.3 Å². The number of carbonyl (C=O) groups is 2. The molecular formula is C12H22N2O3. The van der Waals surface area contributed by atoms with Crippen molar-refractivity contribution in [2.75, 3.05) is 20.6 Å². The van der Waals surface area contributed by atoms with E-state index in [1.54, 1.807) is 19.0 Å². The van der Waals surface area contributed by atoms with Crippen LogP contribution in [0.4, 0.5) is 0 Å². The minimum atomic E-state index is -0.832. The van der Waals surface area contributed by atoms with Crippen molar-refractivity contribution in [3.05, 3.63) is 0 Å². The Bertz CT molecular complexity index is 296. The predicted octanol–water partition coefficient (Wildman–Crippen LogP) is 0.698. The van der Waals surface area contributed by atoms with Crippen LogP contribution in [0.3, 0.4) is 0 Å². The molecule has 0 spiro atoms. The first-order valence-electron chi connectivity index (χ1n) is 6.14. The van der Waals surface area contributed by atoms with E-state index in [0.717, 1.165) is 0 Å². The Labute approximate surface area is 102 Å². The maximum atomic E-state index is 12.0. The summed E-state index contributed by atoms with van der Waals surface area (Å²) in [5, 5.41) is 12.1. The van der Waals surface area contributed by atoms with Crippen molar-refractivity contribution in [1.29, 1.82) is 0 Å². The van der Waals surface area contributed by atoms with Crippen LogP contribution in [0.25, 0.3) is 0 Å². The summed E-state index contributed by atoms with van der Waals surface area (Å²) >= 11 is 0. The van der Waals surface area contributed by atoms with Crippen LogP contribution in [-0.4, -0.2) is 48.1 Å². The lowest BCUT2D eigenvalue weighted by molar-refractivity contribution is -0.148. The molecule has 5 nitrogen and oxygen atoms in total. The third-order valence-electron chi connectivity index (χ3n) is 3.93. The lowest BCUT2D eigenvalue weighted by Crippen LogP contribution is -2.53. The normalized spacial score (nSPS) is 28.8. The summed E-state index contributed by atoms with van der Waals surface area (Å²) in [4.78, 5) is 24.9. The highest BCUT2D eigenvalue weighted by atomic mass is 16.4. The molecule has 0 aromatic heterocycles. The smallest absolute Gasteiger partial charge is 0.323 e. The van der Waals surface area contributed by atoms with Crippen molar-refractivity contribution in [3.8, 4) is 0 Å². The molecule has 1 fully saturated rings. The van der Waals surface area contributed by atoms with Gasteiger partial charge in [-0.05, 0) is 39.7 Å². The van der Waals surface area contributed by atoms with Gasteiger partial charge in [0.15, 0.2) is 0 Å². The van der Waals surface area contributed by atoms with E-state index in [2.05, 4.69) is 5.32 Å². The molecule has 1 aliphatic rings. The van der Waals surface area contributed by atoms with Crippen molar-refractivity contribution in [2.45, 2.75) is 38.1 Å². The number of nitrogens with one attached hydrogen (secondary N) is 1. The maximum Gasteiger partial charge on any atom is 0.323 e. The number of carboxylic acids is 1. The van der Waals surface area contributed by atoms with Gasteiger partial charge in [-0.15, -0.1) is 0 Å². The van der Waals surface area contributed by atoms with Gasteiger partial charge in [0.1, 0.15) is 5.54 Å². The van der Waals surface area contributed by atoms with Gasteiger partial charge in [-0.25, -0.2) is 0 Å². The first-order valence-corrected chi connectivity index (χ1v) is 6.14. The second-order valence-electron chi connectivity index (χ2n) is 4.76. The molecule has 0 atom stereocenters. The van der Waals surface area contributed by atoms with E-state index in [1.807, 2.05) is 6.92 Å². The van der Waals surface area contributed by atoms with Crippen LogP contribution >= 0.6 is 0 Å². The van der Waals surface area contributed by atoms with Crippen LogP contribution in [0.2, 0.25) is 0 Å². The SMILES string of the molecule is CCN(C)C(=O)C1CCC(NC)(C(=O)O)CC1. The molecule has 5 heteroatoms. The first-order chi connectivity index (χ1) is 7.96. The van der Waals surface area contributed by atoms with Gasteiger partial charge in [0.25, 0.3) is 0 Å². The number of rotatable bonds is 4. The van der Waals surface area contributed by atoms with E-state index in [1.165, 1.54) is 0 Å². The zero-order chi connectivity index (χ0) is 13.1. The molecule has 0 heterocycles. The summed E-state index contributed by atoms with van der Waals surface area (Å²) in [5.74, 6) is -0.682. The number of hydrogen-bond acceptors (Lipinski definition) is 3. The number of carboxylic acid groups (broad SMARTS) is 1. The van der Waals surface area contributed by atoms with E-state index < -0.39 is 11.5 Å². The number of likely N-dealkylation sites (N-methyl/N-ethyl adjacent to an activating group) is 1. The maximum absolute atomic E-state index is 12.0. The van der Waals surface area contributed by atoms with Crippen LogP contribution < -0.4 is 5.32 Å². The quantitative estimate of drug-likeness (QED) is 0.761. The van der Waals surface area contributed by atoms with Crippen LogP contribution in [0.5, 0.6) is 0 Å². The minimum Gasteiger partial charge on any atom is -0.480 e. The van der Waals surface area contributed by atoms with Gasteiger partial charge in [0, 0.05) is 19.5 Å². The van der Waals surface area contributed by atoms with Gasteiger partial charge in [-0.1, -0.05) is 0 Å². The Hall–Kier alpha value is -1.10. The zero-order valence-corrected chi connectivity index (χ0v) is 10.8. The number of nitrogens with zero attached hydrogens (tertiary/aromatic N) is 1. The largest absolute Gasteiger partial charge is 0.480 e. The van der Waals surface area contributed by atoms with Gasteiger partial charge in [0.2, 0.25) is 5.91 Å². The fourth-order valence-corrected chi connectivity index (χ4v) is 2.40. The van der Waals surface area contributed by atoms with Crippen molar-refractivity contribution >= 4 is 11.9 Å². The van der Waals surface area contributed by atoms with E-state index in [4.69, 9.17) is 0 Å². The molecule has 0 aromatic rings. The first kappa shape index (κ1) is 14.0. The highest BCUT2D eigenvalue weighted by Gasteiger charge is 2.42. The van der Waals surface area contributed by atoms with Crippen molar-refractivity contribution in [1.82, 2.24) is 10.2 Å². The summed E-state index contributed by atoms with van der Waals surface area (Å²) in [6, 6.07) is 0. The highest BCUT2D eigenvalue weighted by Crippen LogP contribution is 2.33. The molecule has 0 radical (unpaired) electrons. The summed E-state index contributed by atoms with van der Waals surface area (Å²) in [5.41, 5.74) is -0.832. The highest BCUT2D eigenvalue weighted by molar-refractivity contribution is 5.81. The van der Waals surface area contributed by atoms with E-state index in [9.17, 15) is 14.7 Å². The fourth-order valence-electron chi connectivity index (χ4n) is 2.40. The molecule has 98 valence electrons. The van der Waals surface area contributed by atoms with E-state index >= 15 is 0 Å². The van der Waals surface area contributed by atoms with Crippen LogP contribution in [0.1, 0.15) is 32.6 Å². The molecule has 1 saturated carbocycles. The van der Waals surface area contributed by atoms with Crippen LogP contribution in [-0.2, 0) is 9.59 Å². The van der Waals surface area contributed by atoms with Crippen molar-refractivity contribution < 1.29 is 14.7 Å². The van der Waals surface area contributed by atoms with Crippen LogP contribution in [0, 0.1) is 5.92 Å². The van der Waals surface area contributed by atoms with Crippen LogP contribution in [0.15, 0.2) is 0 Å².